The molecule has 1 fully saturated rings. The van der Waals surface area contributed by atoms with Crippen molar-refractivity contribution in [3.8, 4) is 5.75 Å². The Balaban J connectivity index is 2.26. The van der Waals surface area contributed by atoms with Crippen molar-refractivity contribution in [2.75, 3.05) is 39.6 Å². The average molecular weight is 355 g/mol. The monoisotopic (exact) mass is 355 g/mol. The predicted octanol–water partition coefficient (Wildman–Crippen LogP) is 2.35. The maximum Gasteiger partial charge on any atom is 0.321 e. The SMILES string of the molecule is COc1ccc(S(=O)(=O)N(C)C)cc1NC(=O)N1CCCCCC1. The van der Waals surface area contributed by atoms with Crippen LogP contribution in [0.25, 0.3) is 0 Å². The van der Waals surface area contributed by atoms with Gasteiger partial charge in [-0.1, -0.05) is 12.8 Å². The van der Waals surface area contributed by atoms with Crippen molar-refractivity contribution in [1.29, 1.82) is 0 Å². The molecule has 0 aromatic heterocycles. The molecule has 1 aliphatic rings. The zero-order chi connectivity index (χ0) is 17.7. The number of carbonyl (C=O) groups is 1. The molecule has 0 radical (unpaired) electrons. The van der Waals surface area contributed by atoms with Crippen LogP contribution in [0.2, 0.25) is 0 Å². The quantitative estimate of drug-likeness (QED) is 0.899. The number of rotatable bonds is 4. The zero-order valence-corrected chi connectivity index (χ0v) is 15.2. The number of sulfonamides is 1. The molecule has 1 heterocycles. The molecule has 2 rings (SSSR count). The highest BCUT2D eigenvalue weighted by atomic mass is 32.2. The first-order valence-electron chi connectivity index (χ1n) is 8.03. The van der Waals surface area contributed by atoms with E-state index < -0.39 is 10.0 Å². The maximum atomic E-state index is 12.5. The molecule has 0 bridgehead atoms. The van der Waals surface area contributed by atoms with E-state index in [1.165, 1.54) is 33.3 Å². The van der Waals surface area contributed by atoms with E-state index in [1.807, 2.05) is 0 Å². The van der Waals surface area contributed by atoms with E-state index in [1.54, 1.807) is 11.0 Å². The summed E-state index contributed by atoms with van der Waals surface area (Å²) in [5.41, 5.74) is 0.356. The molecule has 1 aliphatic heterocycles. The first-order chi connectivity index (χ1) is 11.4. The number of anilines is 1. The van der Waals surface area contributed by atoms with E-state index in [9.17, 15) is 13.2 Å². The molecule has 1 N–H and O–H groups in total. The van der Waals surface area contributed by atoms with Gasteiger partial charge in [0.05, 0.1) is 17.7 Å². The zero-order valence-electron chi connectivity index (χ0n) is 14.4. The Morgan fingerprint density at radius 2 is 1.79 bits per heavy atom. The first kappa shape index (κ1) is 18.5. The second-order valence-corrected chi connectivity index (χ2v) is 8.13. The molecule has 0 spiro atoms. The molecule has 134 valence electrons. The van der Waals surface area contributed by atoms with Crippen LogP contribution >= 0.6 is 0 Å². The summed E-state index contributed by atoms with van der Waals surface area (Å²) < 4.78 is 30.9. The van der Waals surface area contributed by atoms with Crippen molar-refractivity contribution in [3.05, 3.63) is 18.2 Å². The van der Waals surface area contributed by atoms with Gasteiger partial charge in [0, 0.05) is 27.2 Å². The minimum Gasteiger partial charge on any atom is -0.495 e. The molecule has 8 heteroatoms. The fraction of sp³-hybridized carbons (Fsp3) is 0.562. The van der Waals surface area contributed by atoms with Crippen LogP contribution in [-0.4, -0.2) is 57.9 Å². The lowest BCUT2D eigenvalue weighted by molar-refractivity contribution is 0.213. The number of benzene rings is 1. The lowest BCUT2D eigenvalue weighted by Crippen LogP contribution is -2.35. The summed E-state index contributed by atoms with van der Waals surface area (Å²) in [7, 11) is 0.840. The van der Waals surface area contributed by atoms with Crippen molar-refractivity contribution in [2.45, 2.75) is 30.6 Å². The summed E-state index contributed by atoms with van der Waals surface area (Å²) in [5.74, 6) is 0.427. The van der Waals surface area contributed by atoms with Crippen molar-refractivity contribution in [1.82, 2.24) is 9.21 Å². The number of nitrogens with zero attached hydrogens (tertiary/aromatic N) is 2. The van der Waals surface area contributed by atoms with Gasteiger partial charge in [-0.2, -0.15) is 0 Å². The van der Waals surface area contributed by atoms with Gasteiger partial charge in [-0.3, -0.25) is 0 Å². The van der Waals surface area contributed by atoms with Crippen LogP contribution in [0.4, 0.5) is 10.5 Å². The molecule has 1 saturated heterocycles. The molecule has 2 amide bonds. The third-order valence-corrected chi connectivity index (χ3v) is 5.90. The van der Waals surface area contributed by atoms with E-state index in [4.69, 9.17) is 4.74 Å². The summed E-state index contributed by atoms with van der Waals surface area (Å²) in [4.78, 5) is 14.4. The minimum atomic E-state index is -3.58. The van der Waals surface area contributed by atoms with Crippen molar-refractivity contribution in [2.24, 2.45) is 0 Å². The molecule has 24 heavy (non-hydrogen) atoms. The van der Waals surface area contributed by atoms with Crippen molar-refractivity contribution in [3.63, 3.8) is 0 Å². The molecule has 1 aromatic rings. The summed E-state index contributed by atoms with van der Waals surface area (Å²) in [6.07, 6.45) is 4.23. The predicted molar refractivity (Wildman–Crippen MR) is 92.9 cm³/mol. The van der Waals surface area contributed by atoms with Crippen LogP contribution in [0.3, 0.4) is 0 Å². The normalized spacial score (nSPS) is 15.9. The van der Waals surface area contributed by atoms with Crippen molar-refractivity contribution < 1.29 is 17.9 Å². The third kappa shape index (κ3) is 4.18. The van der Waals surface area contributed by atoms with Gasteiger partial charge in [0.25, 0.3) is 0 Å². The van der Waals surface area contributed by atoms with Gasteiger partial charge in [0.2, 0.25) is 10.0 Å². The van der Waals surface area contributed by atoms with Gasteiger partial charge in [-0.15, -0.1) is 0 Å². The van der Waals surface area contributed by atoms with Crippen LogP contribution < -0.4 is 10.1 Å². The van der Waals surface area contributed by atoms with E-state index in [0.717, 1.165) is 30.0 Å². The van der Waals surface area contributed by atoms with Crippen molar-refractivity contribution >= 4 is 21.7 Å². The molecule has 0 unspecified atom stereocenters. The Labute approximate surface area is 143 Å². The van der Waals surface area contributed by atoms with Gasteiger partial charge in [-0.25, -0.2) is 17.5 Å². The maximum absolute atomic E-state index is 12.5. The summed E-state index contributed by atoms with van der Waals surface area (Å²) in [5, 5.41) is 2.79. The number of urea groups is 1. The van der Waals surface area contributed by atoms with E-state index in [2.05, 4.69) is 5.32 Å². The Morgan fingerprint density at radius 1 is 1.17 bits per heavy atom. The topological polar surface area (TPSA) is 79.0 Å². The van der Waals surface area contributed by atoms with Crippen LogP contribution in [0.1, 0.15) is 25.7 Å². The average Bonchev–Trinajstić information content (AvgIpc) is 2.83. The minimum absolute atomic E-state index is 0.111. The van der Waals surface area contributed by atoms with E-state index in [0.29, 0.717) is 24.5 Å². The largest absolute Gasteiger partial charge is 0.495 e. The van der Waals surface area contributed by atoms with Crippen LogP contribution in [-0.2, 0) is 10.0 Å². The summed E-state index contributed by atoms with van der Waals surface area (Å²) in [6.45, 7) is 1.42. The molecule has 7 nitrogen and oxygen atoms in total. The highest BCUT2D eigenvalue weighted by molar-refractivity contribution is 7.89. The summed E-state index contributed by atoms with van der Waals surface area (Å²) >= 11 is 0. The number of hydrogen-bond donors (Lipinski definition) is 1. The molecular formula is C16H25N3O4S. The van der Waals surface area contributed by atoms with Crippen LogP contribution in [0.15, 0.2) is 23.1 Å². The van der Waals surface area contributed by atoms with Gasteiger partial charge in [0.1, 0.15) is 5.75 Å². The fourth-order valence-electron chi connectivity index (χ4n) is 2.62. The molecule has 1 aromatic carbocycles. The summed E-state index contributed by atoms with van der Waals surface area (Å²) in [6, 6.07) is 4.23. The van der Waals surface area contributed by atoms with E-state index in [-0.39, 0.29) is 10.9 Å². The Morgan fingerprint density at radius 3 is 2.33 bits per heavy atom. The Kier molecular flexibility index (Phi) is 6.06. The number of hydrogen-bond acceptors (Lipinski definition) is 4. The lowest BCUT2D eigenvalue weighted by atomic mass is 10.2. The molecular weight excluding hydrogens is 330 g/mol. The number of likely N-dealkylation sites (tertiary alicyclic amines) is 1. The Hall–Kier alpha value is -1.80. The number of methoxy groups -OCH3 is 1. The smallest absolute Gasteiger partial charge is 0.321 e. The second kappa shape index (κ2) is 7.85. The number of carbonyl (C=O) groups excluding carboxylic acids is 1. The molecule has 0 saturated carbocycles. The highest BCUT2D eigenvalue weighted by Crippen LogP contribution is 2.29. The highest BCUT2D eigenvalue weighted by Gasteiger charge is 2.21. The standard InChI is InChI=1S/C16H25N3O4S/c1-18(2)24(21,22)13-8-9-15(23-3)14(12-13)17-16(20)19-10-6-4-5-7-11-19/h8-9,12H,4-7,10-11H2,1-3H3,(H,17,20). The van der Waals surface area contributed by atoms with Gasteiger partial charge >= 0.3 is 6.03 Å². The van der Waals surface area contributed by atoms with Crippen LogP contribution in [0.5, 0.6) is 5.75 Å². The number of nitrogens with one attached hydrogen (secondary N) is 1. The third-order valence-electron chi connectivity index (χ3n) is 4.08. The van der Waals surface area contributed by atoms with Gasteiger partial charge in [0.15, 0.2) is 0 Å². The first-order valence-corrected chi connectivity index (χ1v) is 9.47. The molecule has 0 aliphatic carbocycles. The van der Waals surface area contributed by atoms with Gasteiger partial charge < -0.3 is 15.0 Å². The fourth-order valence-corrected chi connectivity index (χ4v) is 3.55. The number of ether oxygens (including phenoxy) is 1. The van der Waals surface area contributed by atoms with Gasteiger partial charge in [-0.05, 0) is 31.0 Å². The molecule has 0 atom stereocenters. The second-order valence-electron chi connectivity index (χ2n) is 5.98. The lowest BCUT2D eigenvalue weighted by Gasteiger charge is -2.22. The Bertz CT molecular complexity index is 681. The van der Waals surface area contributed by atoms with E-state index >= 15 is 0 Å². The van der Waals surface area contributed by atoms with Crippen LogP contribution in [0, 0.1) is 0 Å². The number of amides is 2.